The highest BCUT2D eigenvalue weighted by molar-refractivity contribution is 5.89. The van der Waals surface area contributed by atoms with Crippen LogP contribution >= 0.6 is 0 Å². The van der Waals surface area contributed by atoms with E-state index in [9.17, 15) is 4.79 Å². The van der Waals surface area contributed by atoms with Gasteiger partial charge in [-0.15, -0.1) is 0 Å². The number of carbonyl (C=O) groups excluding carboxylic acids is 1. The second-order valence-electron chi connectivity index (χ2n) is 4.84. The van der Waals surface area contributed by atoms with Gasteiger partial charge in [-0.1, -0.05) is 32.9 Å². The molecular formula is C18H26O4. The Balaban J connectivity index is 3.23. The van der Waals surface area contributed by atoms with E-state index in [-0.39, 0.29) is 0 Å². The summed E-state index contributed by atoms with van der Waals surface area (Å²) in [5, 5.41) is 0. The van der Waals surface area contributed by atoms with E-state index in [1.165, 1.54) is 0 Å². The maximum absolute atomic E-state index is 12.0. The third kappa shape index (κ3) is 4.52. The van der Waals surface area contributed by atoms with Gasteiger partial charge in [0.05, 0.1) is 13.2 Å². The first-order valence-electron chi connectivity index (χ1n) is 7.90. The number of benzene rings is 1. The van der Waals surface area contributed by atoms with Crippen molar-refractivity contribution in [2.24, 2.45) is 0 Å². The fraction of sp³-hybridized carbons (Fsp3) is 0.500. The molecule has 0 atom stereocenters. The van der Waals surface area contributed by atoms with Crippen LogP contribution in [0.4, 0.5) is 0 Å². The smallest absolute Gasteiger partial charge is 0.338 e. The van der Waals surface area contributed by atoms with E-state index >= 15 is 0 Å². The number of rotatable bonds is 9. The van der Waals surface area contributed by atoms with E-state index in [1.807, 2.05) is 26.8 Å². The van der Waals surface area contributed by atoms with Crippen LogP contribution in [0.1, 0.15) is 46.1 Å². The first-order valence-corrected chi connectivity index (χ1v) is 7.90. The fourth-order valence-electron chi connectivity index (χ4n) is 2.03. The number of hydrogen-bond donors (Lipinski definition) is 0. The van der Waals surface area contributed by atoms with Gasteiger partial charge in [0.2, 0.25) is 5.75 Å². The van der Waals surface area contributed by atoms with Crippen molar-refractivity contribution in [2.45, 2.75) is 47.0 Å². The van der Waals surface area contributed by atoms with Gasteiger partial charge in [-0.05, 0) is 38.3 Å². The molecule has 0 bridgehead atoms. The van der Waals surface area contributed by atoms with Gasteiger partial charge in [0.15, 0.2) is 11.5 Å². The Labute approximate surface area is 133 Å². The normalized spacial score (nSPS) is 10.2. The second kappa shape index (κ2) is 9.13. The molecule has 0 amide bonds. The summed E-state index contributed by atoms with van der Waals surface area (Å²) in [7, 11) is 0. The predicted octanol–water partition coefficient (Wildman–Crippen LogP) is 4.31. The minimum absolute atomic E-state index is 0.379. The van der Waals surface area contributed by atoms with Crippen LogP contribution in [0.3, 0.4) is 0 Å². The molecule has 1 aromatic rings. The molecule has 0 aliphatic heterocycles. The lowest BCUT2D eigenvalue weighted by atomic mass is 10.1. The van der Waals surface area contributed by atoms with E-state index in [4.69, 9.17) is 14.2 Å². The highest BCUT2D eigenvalue weighted by atomic mass is 16.6. The third-order valence-corrected chi connectivity index (χ3v) is 3.17. The first-order chi connectivity index (χ1) is 10.6. The zero-order chi connectivity index (χ0) is 16.5. The minimum atomic E-state index is -0.436. The number of aryl methyl sites for hydroxylation is 1. The molecule has 0 saturated carbocycles. The summed E-state index contributed by atoms with van der Waals surface area (Å²) in [5.41, 5.74) is 1.49. The molecule has 4 heteroatoms. The number of carbonyl (C=O) groups is 1. The summed E-state index contributed by atoms with van der Waals surface area (Å²) in [6.45, 7) is 12.5. The summed E-state index contributed by atoms with van der Waals surface area (Å²) in [4.78, 5) is 12.0. The Morgan fingerprint density at radius 2 is 1.68 bits per heavy atom. The van der Waals surface area contributed by atoms with Gasteiger partial charge >= 0.3 is 5.97 Å². The molecule has 0 unspecified atom stereocenters. The van der Waals surface area contributed by atoms with Crippen molar-refractivity contribution in [2.75, 3.05) is 13.2 Å². The summed E-state index contributed by atoms with van der Waals surface area (Å²) in [6.07, 6.45) is 2.43. The van der Waals surface area contributed by atoms with E-state index < -0.39 is 5.97 Å². The van der Waals surface area contributed by atoms with Crippen molar-refractivity contribution in [3.63, 3.8) is 0 Å². The highest BCUT2D eigenvalue weighted by Gasteiger charge is 2.19. The Morgan fingerprint density at radius 1 is 1.05 bits per heavy atom. The second-order valence-corrected chi connectivity index (χ2v) is 4.84. The molecule has 0 aliphatic carbocycles. The molecule has 4 nitrogen and oxygen atoms in total. The van der Waals surface area contributed by atoms with Gasteiger partial charge in [-0.3, -0.25) is 0 Å². The lowest BCUT2D eigenvalue weighted by Crippen LogP contribution is -2.12. The molecule has 0 radical (unpaired) electrons. The van der Waals surface area contributed by atoms with Gasteiger partial charge in [-0.2, -0.15) is 0 Å². The maximum atomic E-state index is 12.0. The van der Waals surface area contributed by atoms with Gasteiger partial charge in [0, 0.05) is 5.57 Å². The molecule has 0 saturated heterocycles. The average Bonchev–Trinajstić information content (AvgIpc) is 2.52. The zero-order valence-electron chi connectivity index (χ0n) is 14.0. The minimum Gasteiger partial charge on any atom is -0.490 e. The zero-order valence-corrected chi connectivity index (χ0v) is 14.0. The molecule has 22 heavy (non-hydrogen) atoms. The fourth-order valence-corrected chi connectivity index (χ4v) is 2.03. The first kappa shape index (κ1) is 18.1. The van der Waals surface area contributed by atoms with Gasteiger partial charge in [-0.25, -0.2) is 4.79 Å². The summed E-state index contributed by atoms with van der Waals surface area (Å²) in [5.74, 6) is 1.10. The maximum Gasteiger partial charge on any atom is 0.338 e. The molecular weight excluding hydrogens is 280 g/mol. The Bertz CT molecular complexity index is 520. The third-order valence-electron chi connectivity index (χ3n) is 3.17. The highest BCUT2D eigenvalue weighted by Crippen LogP contribution is 2.41. The van der Waals surface area contributed by atoms with Crippen LogP contribution in [0.5, 0.6) is 17.2 Å². The Morgan fingerprint density at radius 3 is 2.23 bits per heavy atom. The lowest BCUT2D eigenvalue weighted by molar-refractivity contribution is -0.130. The van der Waals surface area contributed by atoms with Crippen LogP contribution in [0.15, 0.2) is 24.3 Å². The number of esters is 1. The number of hydrogen-bond acceptors (Lipinski definition) is 4. The Kier molecular flexibility index (Phi) is 7.50. The van der Waals surface area contributed by atoms with Gasteiger partial charge in [0.1, 0.15) is 0 Å². The van der Waals surface area contributed by atoms with Crippen LogP contribution in [0.2, 0.25) is 0 Å². The van der Waals surface area contributed by atoms with E-state index in [0.29, 0.717) is 42.5 Å². The van der Waals surface area contributed by atoms with Crippen LogP contribution in [-0.4, -0.2) is 19.2 Å². The van der Waals surface area contributed by atoms with Gasteiger partial charge in [0.25, 0.3) is 0 Å². The average molecular weight is 306 g/mol. The molecule has 0 spiro atoms. The van der Waals surface area contributed by atoms with Crippen LogP contribution in [0.25, 0.3) is 0 Å². The van der Waals surface area contributed by atoms with Crippen LogP contribution in [0, 0.1) is 0 Å². The van der Waals surface area contributed by atoms with Crippen molar-refractivity contribution in [3.05, 3.63) is 29.8 Å². The van der Waals surface area contributed by atoms with Crippen molar-refractivity contribution >= 4 is 5.97 Å². The van der Waals surface area contributed by atoms with Crippen molar-refractivity contribution in [3.8, 4) is 17.2 Å². The molecule has 0 aliphatic rings. The molecule has 0 heterocycles. The Hall–Kier alpha value is -1.97. The van der Waals surface area contributed by atoms with Crippen molar-refractivity contribution in [1.82, 2.24) is 0 Å². The van der Waals surface area contributed by atoms with Crippen LogP contribution in [-0.2, 0) is 11.2 Å². The molecule has 1 rings (SSSR count). The molecule has 0 fully saturated rings. The summed E-state index contributed by atoms with van der Waals surface area (Å²) >= 11 is 0. The summed E-state index contributed by atoms with van der Waals surface area (Å²) < 4.78 is 16.9. The van der Waals surface area contributed by atoms with E-state index in [1.54, 1.807) is 6.07 Å². The SMILES string of the molecule is C=C(CC)C(=O)Oc1ccc(CCC)c(OCC)c1OCC. The van der Waals surface area contributed by atoms with Crippen molar-refractivity contribution in [1.29, 1.82) is 0 Å². The summed E-state index contributed by atoms with van der Waals surface area (Å²) in [6, 6.07) is 3.69. The molecule has 0 aromatic heterocycles. The lowest BCUT2D eigenvalue weighted by Gasteiger charge is -2.18. The topological polar surface area (TPSA) is 44.8 Å². The largest absolute Gasteiger partial charge is 0.490 e. The standard InChI is InChI=1S/C18H26O4/c1-6-10-14-11-12-15(22-18(19)13(5)7-2)17(21-9-4)16(14)20-8-3/h11-12H,5-10H2,1-4H3. The quantitative estimate of drug-likeness (QED) is 0.387. The van der Waals surface area contributed by atoms with E-state index in [0.717, 1.165) is 18.4 Å². The predicted molar refractivity (Wildman–Crippen MR) is 87.8 cm³/mol. The molecule has 122 valence electrons. The van der Waals surface area contributed by atoms with Gasteiger partial charge < -0.3 is 14.2 Å². The van der Waals surface area contributed by atoms with Crippen LogP contribution < -0.4 is 14.2 Å². The van der Waals surface area contributed by atoms with E-state index in [2.05, 4.69) is 13.5 Å². The van der Waals surface area contributed by atoms with Crippen molar-refractivity contribution < 1.29 is 19.0 Å². The monoisotopic (exact) mass is 306 g/mol. The number of ether oxygens (including phenoxy) is 3. The molecule has 0 N–H and O–H groups in total. The molecule has 1 aromatic carbocycles.